The lowest BCUT2D eigenvalue weighted by Gasteiger charge is -2.09. The van der Waals surface area contributed by atoms with E-state index in [0.717, 1.165) is 23.7 Å². The average Bonchev–Trinajstić information content (AvgIpc) is 2.64. The third-order valence-electron chi connectivity index (χ3n) is 3.11. The number of carbonyl (C=O) groups is 1. The number of halogens is 1. The molecule has 1 aromatic rings. The van der Waals surface area contributed by atoms with Crippen LogP contribution in [0.1, 0.15) is 36.0 Å². The largest absolute Gasteiger partial charge is 0.481 e. The van der Waals surface area contributed by atoms with E-state index in [0.29, 0.717) is 0 Å². The van der Waals surface area contributed by atoms with Crippen molar-refractivity contribution in [2.75, 3.05) is 0 Å². The second kappa shape index (κ2) is 5.00. The van der Waals surface area contributed by atoms with Crippen LogP contribution in [0.25, 0.3) is 0 Å². The molecule has 3 heteroatoms. The van der Waals surface area contributed by atoms with Gasteiger partial charge in [0.1, 0.15) is 0 Å². The topological polar surface area (TPSA) is 37.3 Å². The molecule has 0 unspecified atom stereocenters. The maximum absolute atomic E-state index is 10.5. The van der Waals surface area contributed by atoms with Gasteiger partial charge in [0.05, 0.1) is 0 Å². The van der Waals surface area contributed by atoms with E-state index in [9.17, 15) is 4.79 Å². The van der Waals surface area contributed by atoms with Gasteiger partial charge in [0.15, 0.2) is 0 Å². The molecule has 0 aromatic heterocycles. The van der Waals surface area contributed by atoms with Crippen LogP contribution < -0.4 is 0 Å². The first-order chi connectivity index (χ1) is 7.66. The molecule has 1 N–H and O–H groups in total. The quantitative estimate of drug-likeness (QED) is 0.920. The molecule has 0 spiro atoms. The first-order valence-corrected chi connectivity index (χ1v) is 6.48. The summed E-state index contributed by atoms with van der Waals surface area (Å²) in [7, 11) is 0. The minimum atomic E-state index is -0.702. The highest BCUT2D eigenvalue weighted by Crippen LogP contribution is 2.30. The van der Waals surface area contributed by atoms with Crippen molar-refractivity contribution in [3.63, 3.8) is 0 Å². The second-order valence-corrected chi connectivity index (χ2v) is 5.22. The zero-order chi connectivity index (χ0) is 11.5. The normalized spacial score (nSPS) is 13.8. The Bertz CT molecular complexity index is 413. The summed E-state index contributed by atoms with van der Waals surface area (Å²) in [5.41, 5.74) is 4.25. The Hall–Kier alpha value is -0.830. The number of hydrogen-bond acceptors (Lipinski definition) is 1. The van der Waals surface area contributed by atoms with Crippen LogP contribution in [-0.4, -0.2) is 11.1 Å². The van der Waals surface area contributed by atoms with E-state index in [1.807, 2.05) is 0 Å². The predicted molar refractivity (Wildman–Crippen MR) is 66.7 cm³/mol. The lowest BCUT2D eigenvalue weighted by atomic mass is 9.99. The number of rotatable bonds is 4. The van der Waals surface area contributed by atoms with Crippen LogP contribution in [0.2, 0.25) is 0 Å². The average molecular weight is 283 g/mol. The Labute approximate surface area is 104 Å². The van der Waals surface area contributed by atoms with Crippen molar-refractivity contribution in [2.24, 2.45) is 0 Å². The summed E-state index contributed by atoms with van der Waals surface area (Å²) in [6.45, 7) is 0. The number of fused-ring (bicyclic) bond motifs is 1. The van der Waals surface area contributed by atoms with Crippen LogP contribution in [0.15, 0.2) is 16.6 Å². The number of aliphatic carboxylic acids is 1. The van der Waals surface area contributed by atoms with E-state index in [2.05, 4.69) is 28.1 Å². The van der Waals surface area contributed by atoms with Crippen molar-refractivity contribution in [1.29, 1.82) is 0 Å². The van der Waals surface area contributed by atoms with E-state index >= 15 is 0 Å². The van der Waals surface area contributed by atoms with E-state index in [1.165, 1.54) is 29.5 Å². The molecule has 0 amide bonds. The van der Waals surface area contributed by atoms with Crippen LogP contribution in [0.3, 0.4) is 0 Å². The van der Waals surface area contributed by atoms with E-state index in [4.69, 9.17) is 5.11 Å². The van der Waals surface area contributed by atoms with Crippen molar-refractivity contribution < 1.29 is 9.90 Å². The molecule has 1 aliphatic carbocycles. The zero-order valence-electron chi connectivity index (χ0n) is 9.13. The van der Waals surface area contributed by atoms with Gasteiger partial charge in [0.25, 0.3) is 0 Å². The lowest BCUT2D eigenvalue weighted by molar-refractivity contribution is -0.137. The number of hydrogen-bond donors (Lipinski definition) is 1. The molecule has 0 aliphatic heterocycles. The molecule has 1 aromatic carbocycles. The van der Waals surface area contributed by atoms with Gasteiger partial charge < -0.3 is 5.11 Å². The van der Waals surface area contributed by atoms with E-state index in [-0.39, 0.29) is 6.42 Å². The second-order valence-electron chi connectivity index (χ2n) is 4.30. The Morgan fingerprint density at radius 2 is 2.19 bits per heavy atom. The zero-order valence-corrected chi connectivity index (χ0v) is 10.7. The fraction of sp³-hybridized carbons (Fsp3) is 0.462. The van der Waals surface area contributed by atoms with E-state index in [1.54, 1.807) is 0 Å². The molecule has 0 saturated heterocycles. The maximum atomic E-state index is 10.5. The molecular weight excluding hydrogens is 268 g/mol. The smallest absolute Gasteiger partial charge is 0.303 e. The molecule has 1 aliphatic rings. The Kier molecular flexibility index (Phi) is 3.64. The standard InChI is InChI=1S/C13H15BrO2/c14-11-7-9-3-1-5-12(9)10(8-11)4-2-6-13(15)16/h7-8H,1-6H2,(H,15,16). The molecule has 86 valence electrons. The number of aryl methyl sites for hydroxylation is 2. The molecule has 0 radical (unpaired) electrons. The Morgan fingerprint density at radius 1 is 1.38 bits per heavy atom. The maximum Gasteiger partial charge on any atom is 0.303 e. The SMILES string of the molecule is O=C(O)CCCc1cc(Br)cc2c1CCC2. The van der Waals surface area contributed by atoms with Gasteiger partial charge in [-0.05, 0) is 60.9 Å². The minimum absolute atomic E-state index is 0.265. The van der Waals surface area contributed by atoms with Gasteiger partial charge >= 0.3 is 5.97 Å². The van der Waals surface area contributed by atoms with Gasteiger partial charge in [0.2, 0.25) is 0 Å². The Balaban J connectivity index is 2.11. The summed E-state index contributed by atoms with van der Waals surface area (Å²) in [5.74, 6) is -0.702. The van der Waals surface area contributed by atoms with Gasteiger partial charge in [-0.25, -0.2) is 0 Å². The van der Waals surface area contributed by atoms with Crippen LogP contribution in [0, 0.1) is 0 Å². The van der Waals surface area contributed by atoms with Crippen molar-refractivity contribution in [3.05, 3.63) is 33.3 Å². The number of carboxylic acid groups (broad SMARTS) is 1. The van der Waals surface area contributed by atoms with Crippen molar-refractivity contribution in [2.45, 2.75) is 38.5 Å². The van der Waals surface area contributed by atoms with Crippen molar-refractivity contribution in [1.82, 2.24) is 0 Å². The monoisotopic (exact) mass is 282 g/mol. The van der Waals surface area contributed by atoms with Crippen molar-refractivity contribution >= 4 is 21.9 Å². The van der Waals surface area contributed by atoms with Crippen molar-refractivity contribution in [3.8, 4) is 0 Å². The van der Waals surface area contributed by atoms with Gasteiger partial charge in [0, 0.05) is 10.9 Å². The minimum Gasteiger partial charge on any atom is -0.481 e. The fourth-order valence-electron chi connectivity index (χ4n) is 2.41. The molecule has 0 atom stereocenters. The molecular formula is C13H15BrO2. The summed E-state index contributed by atoms with van der Waals surface area (Å²) in [6.07, 6.45) is 5.44. The summed E-state index contributed by atoms with van der Waals surface area (Å²) >= 11 is 3.52. The van der Waals surface area contributed by atoms with Gasteiger partial charge in [-0.1, -0.05) is 15.9 Å². The van der Waals surface area contributed by atoms with Crippen LogP contribution in [-0.2, 0) is 24.1 Å². The third-order valence-corrected chi connectivity index (χ3v) is 3.57. The molecule has 0 saturated carbocycles. The summed E-state index contributed by atoms with van der Waals surface area (Å²) in [5, 5.41) is 8.63. The Morgan fingerprint density at radius 3 is 2.94 bits per heavy atom. The van der Waals surface area contributed by atoms with E-state index < -0.39 is 5.97 Å². The first kappa shape index (κ1) is 11.6. The highest BCUT2D eigenvalue weighted by atomic mass is 79.9. The van der Waals surface area contributed by atoms with Gasteiger partial charge in [-0.3, -0.25) is 4.79 Å². The van der Waals surface area contributed by atoms with Crippen LogP contribution in [0.4, 0.5) is 0 Å². The molecule has 0 bridgehead atoms. The highest BCUT2D eigenvalue weighted by molar-refractivity contribution is 9.10. The van der Waals surface area contributed by atoms with Gasteiger partial charge in [-0.15, -0.1) is 0 Å². The molecule has 2 rings (SSSR count). The van der Waals surface area contributed by atoms with Gasteiger partial charge in [-0.2, -0.15) is 0 Å². The predicted octanol–water partition coefficient (Wildman–Crippen LogP) is 3.35. The summed E-state index contributed by atoms with van der Waals surface area (Å²) in [4.78, 5) is 10.5. The first-order valence-electron chi connectivity index (χ1n) is 5.69. The molecule has 2 nitrogen and oxygen atoms in total. The van der Waals surface area contributed by atoms with Crippen LogP contribution >= 0.6 is 15.9 Å². The fourth-order valence-corrected chi connectivity index (χ4v) is 2.96. The summed E-state index contributed by atoms with van der Waals surface area (Å²) in [6, 6.07) is 4.34. The highest BCUT2D eigenvalue weighted by Gasteiger charge is 2.15. The summed E-state index contributed by atoms with van der Waals surface area (Å²) < 4.78 is 1.12. The lowest BCUT2D eigenvalue weighted by Crippen LogP contribution is -1.98. The molecule has 16 heavy (non-hydrogen) atoms. The number of benzene rings is 1. The number of carboxylic acids is 1. The third kappa shape index (κ3) is 2.64. The molecule has 0 heterocycles. The molecule has 0 fully saturated rings. The van der Waals surface area contributed by atoms with Crippen LogP contribution in [0.5, 0.6) is 0 Å².